The van der Waals surface area contributed by atoms with E-state index in [-0.39, 0.29) is 0 Å². The molecule has 1 unspecified atom stereocenters. The lowest BCUT2D eigenvalue weighted by Gasteiger charge is -2.26. The molecule has 0 aromatic heterocycles. The number of terminal acetylenes is 1. The van der Waals surface area contributed by atoms with E-state index in [1.807, 2.05) is 49.4 Å². The third kappa shape index (κ3) is 2.18. The van der Waals surface area contributed by atoms with E-state index in [4.69, 9.17) is 6.42 Å². The number of hydrogen-bond donors (Lipinski definition) is 1. The first-order valence-corrected chi connectivity index (χ1v) is 5.81. The van der Waals surface area contributed by atoms with Crippen molar-refractivity contribution in [1.29, 1.82) is 0 Å². The molecule has 0 saturated heterocycles. The maximum Gasteiger partial charge on any atom is 0.176 e. The predicted octanol–water partition coefficient (Wildman–Crippen LogP) is 3.09. The first-order chi connectivity index (χ1) is 8.16. The molecule has 1 aromatic rings. The van der Waals surface area contributed by atoms with Gasteiger partial charge in [-0.05, 0) is 25.3 Å². The Kier molecular flexibility index (Phi) is 3.17. The Morgan fingerprint density at radius 3 is 2.47 bits per heavy atom. The number of rotatable bonds is 2. The number of aliphatic hydroxyl groups is 1. The average molecular weight is 224 g/mol. The molecule has 0 bridgehead atoms. The number of hydrogen-bond acceptors (Lipinski definition) is 1. The lowest BCUT2D eigenvalue weighted by atomic mass is 9.84. The number of benzene rings is 1. The third-order valence-electron chi connectivity index (χ3n) is 3.09. The van der Waals surface area contributed by atoms with E-state index in [2.05, 4.69) is 5.92 Å². The third-order valence-corrected chi connectivity index (χ3v) is 3.09. The van der Waals surface area contributed by atoms with E-state index in [9.17, 15) is 5.11 Å². The smallest absolute Gasteiger partial charge is 0.176 e. The molecule has 1 nitrogen and oxygen atoms in total. The summed E-state index contributed by atoms with van der Waals surface area (Å²) in [6.45, 7) is 2.01. The van der Waals surface area contributed by atoms with Crippen LogP contribution in [0.5, 0.6) is 0 Å². The van der Waals surface area contributed by atoms with Gasteiger partial charge in [0.2, 0.25) is 0 Å². The number of aryl methyl sites for hydroxylation is 1. The first kappa shape index (κ1) is 11.7. The molecule has 86 valence electrons. The molecule has 1 aliphatic carbocycles. The summed E-state index contributed by atoms with van der Waals surface area (Å²) in [5, 5.41) is 10.7. The highest BCUT2D eigenvalue weighted by molar-refractivity contribution is 5.47. The maximum atomic E-state index is 10.7. The molecule has 1 aromatic carbocycles. The van der Waals surface area contributed by atoms with Gasteiger partial charge in [0.25, 0.3) is 0 Å². The second-order valence-corrected chi connectivity index (χ2v) is 4.36. The Bertz CT molecular complexity index is 499. The zero-order valence-corrected chi connectivity index (χ0v) is 9.98. The van der Waals surface area contributed by atoms with Crippen molar-refractivity contribution in [2.24, 2.45) is 0 Å². The Hall–Kier alpha value is -1.78. The van der Waals surface area contributed by atoms with Crippen LogP contribution in [0, 0.1) is 19.3 Å². The van der Waals surface area contributed by atoms with Crippen LogP contribution in [-0.4, -0.2) is 5.11 Å². The van der Waals surface area contributed by atoms with Gasteiger partial charge in [0.05, 0.1) is 0 Å². The van der Waals surface area contributed by atoms with E-state index >= 15 is 0 Å². The van der Waals surface area contributed by atoms with Crippen LogP contribution < -0.4 is 0 Å². The highest BCUT2D eigenvalue weighted by Crippen LogP contribution is 2.32. The molecule has 1 aliphatic rings. The van der Waals surface area contributed by atoms with Gasteiger partial charge in [0.15, 0.2) is 5.60 Å². The lowest BCUT2D eigenvalue weighted by Crippen LogP contribution is -2.26. The molecule has 1 heteroatoms. The predicted molar refractivity (Wildman–Crippen MR) is 70.4 cm³/mol. The van der Waals surface area contributed by atoms with Crippen LogP contribution in [0.4, 0.5) is 0 Å². The van der Waals surface area contributed by atoms with Crippen molar-refractivity contribution in [2.45, 2.75) is 25.4 Å². The van der Waals surface area contributed by atoms with Crippen LogP contribution in [0.3, 0.4) is 0 Å². The van der Waals surface area contributed by atoms with Crippen molar-refractivity contribution in [3.8, 4) is 12.3 Å². The number of allylic oxidation sites excluding steroid dienone is 2. The summed E-state index contributed by atoms with van der Waals surface area (Å²) in [6.07, 6.45) is 13.5. The maximum absolute atomic E-state index is 10.7. The van der Waals surface area contributed by atoms with Gasteiger partial charge >= 0.3 is 0 Å². The van der Waals surface area contributed by atoms with E-state index in [0.29, 0.717) is 0 Å². The van der Waals surface area contributed by atoms with Crippen LogP contribution in [-0.2, 0) is 5.60 Å². The van der Waals surface area contributed by atoms with Crippen molar-refractivity contribution in [3.63, 3.8) is 0 Å². The zero-order chi connectivity index (χ0) is 12.3. The Morgan fingerprint density at radius 2 is 1.94 bits per heavy atom. The van der Waals surface area contributed by atoms with Crippen molar-refractivity contribution < 1.29 is 5.11 Å². The Balaban J connectivity index is 2.44. The summed E-state index contributed by atoms with van der Waals surface area (Å²) in [6, 6.07) is 7.70. The summed E-state index contributed by atoms with van der Waals surface area (Å²) in [4.78, 5) is 0. The normalized spacial score (nSPS) is 18.1. The van der Waals surface area contributed by atoms with E-state index in [1.165, 1.54) is 0 Å². The minimum atomic E-state index is -1.30. The van der Waals surface area contributed by atoms with Gasteiger partial charge in [0.1, 0.15) is 0 Å². The lowest BCUT2D eigenvalue weighted by molar-refractivity contribution is 0.144. The fraction of sp³-hybridized carbons (Fsp3) is 0.250. The van der Waals surface area contributed by atoms with Gasteiger partial charge in [-0.2, -0.15) is 0 Å². The van der Waals surface area contributed by atoms with E-state index in [0.717, 1.165) is 29.5 Å². The monoisotopic (exact) mass is 224 g/mol. The summed E-state index contributed by atoms with van der Waals surface area (Å²) in [7, 11) is 0. The van der Waals surface area contributed by atoms with E-state index < -0.39 is 5.60 Å². The zero-order valence-electron chi connectivity index (χ0n) is 9.98. The van der Waals surface area contributed by atoms with Crippen molar-refractivity contribution in [3.05, 3.63) is 59.2 Å². The molecule has 0 heterocycles. The summed E-state index contributed by atoms with van der Waals surface area (Å²) in [5.74, 6) is 2.52. The van der Waals surface area contributed by atoms with Gasteiger partial charge < -0.3 is 5.11 Å². The molecule has 17 heavy (non-hydrogen) atoms. The van der Waals surface area contributed by atoms with Crippen LogP contribution in [0.25, 0.3) is 0 Å². The van der Waals surface area contributed by atoms with Crippen LogP contribution in [0.1, 0.15) is 24.0 Å². The van der Waals surface area contributed by atoms with Crippen LogP contribution >= 0.6 is 0 Å². The molecule has 2 rings (SSSR count). The average Bonchev–Trinajstić information content (AvgIpc) is 2.40. The Morgan fingerprint density at radius 1 is 1.24 bits per heavy atom. The molecule has 0 aliphatic heterocycles. The van der Waals surface area contributed by atoms with Crippen LogP contribution in [0.2, 0.25) is 0 Å². The molecule has 1 N–H and O–H groups in total. The Labute approximate surface area is 102 Å². The minimum Gasteiger partial charge on any atom is -0.369 e. The highest BCUT2D eigenvalue weighted by Gasteiger charge is 2.30. The van der Waals surface area contributed by atoms with E-state index in [1.54, 1.807) is 0 Å². The van der Waals surface area contributed by atoms with Crippen LogP contribution in [0.15, 0.2) is 48.1 Å². The molecular weight excluding hydrogens is 208 g/mol. The van der Waals surface area contributed by atoms with Crippen molar-refractivity contribution >= 4 is 0 Å². The minimum absolute atomic E-state index is 0.753. The highest BCUT2D eigenvalue weighted by atomic mass is 16.3. The molecule has 0 fully saturated rings. The molecule has 0 amide bonds. The molecule has 0 radical (unpaired) electrons. The second kappa shape index (κ2) is 4.61. The fourth-order valence-corrected chi connectivity index (χ4v) is 2.01. The summed E-state index contributed by atoms with van der Waals surface area (Å²) in [5.41, 5.74) is 1.41. The molecule has 0 saturated carbocycles. The van der Waals surface area contributed by atoms with Gasteiger partial charge in [-0.3, -0.25) is 0 Å². The molecule has 0 spiro atoms. The van der Waals surface area contributed by atoms with Gasteiger partial charge in [0, 0.05) is 5.56 Å². The topological polar surface area (TPSA) is 20.2 Å². The largest absolute Gasteiger partial charge is 0.369 e. The first-order valence-electron chi connectivity index (χ1n) is 5.81. The standard InChI is InChI=1S/C16H16O/c1-3-16(17,14-7-5-4-6-8-14)15-11-9-13(2)10-12-15/h1,5,7-12,17H,4,6H2,2H3. The quantitative estimate of drug-likeness (QED) is 0.765. The van der Waals surface area contributed by atoms with Gasteiger partial charge in [-0.25, -0.2) is 0 Å². The second-order valence-electron chi connectivity index (χ2n) is 4.36. The molecular formula is C16H16O. The summed E-state index contributed by atoms with van der Waals surface area (Å²) < 4.78 is 0. The van der Waals surface area contributed by atoms with Crippen molar-refractivity contribution in [1.82, 2.24) is 0 Å². The van der Waals surface area contributed by atoms with Gasteiger partial charge in [-0.1, -0.05) is 54.0 Å². The van der Waals surface area contributed by atoms with Gasteiger partial charge in [-0.15, -0.1) is 6.42 Å². The van der Waals surface area contributed by atoms with Crippen molar-refractivity contribution in [2.75, 3.05) is 0 Å². The fourth-order valence-electron chi connectivity index (χ4n) is 2.01. The SMILES string of the molecule is C#CC(O)(C1=CCCC=C1)c1ccc(C)cc1. The molecule has 1 atom stereocenters. The summed E-state index contributed by atoms with van der Waals surface area (Å²) >= 11 is 0.